The summed E-state index contributed by atoms with van der Waals surface area (Å²) in [7, 11) is 1.64. The van der Waals surface area contributed by atoms with E-state index < -0.39 is 18.4 Å². The number of para-hydroxylation sites is 1. The van der Waals surface area contributed by atoms with Crippen LogP contribution in [0.1, 0.15) is 31.7 Å². The second-order valence-electron chi connectivity index (χ2n) is 10.2. The molecule has 0 saturated heterocycles. The van der Waals surface area contributed by atoms with Crippen LogP contribution in [0.5, 0.6) is 5.75 Å². The van der Waals surface area contributed by atoms with Crippen LogP contribution in [0.4, 0.5) is 10.2 Å². The number of aliphatic carboxylic acids is 1. The van der Waals surface area contributed by atoms with E-state index in [0.29, 0.717) is 49.4 Å². The number of nitrogens with two attached hydrogens (primary N) is 1. The number of aromatic nitrogens is 3. The molecule has 4 aromatic rings. The molecule has 12 heteroatoms. The number of carboxylic acids is 1. The molecule has 3 N–H and O–H groups in total. The minimum atomic E-state index is -1.21. The number of methoxy groups -OCH3 is 1. The highest BCUT2D eigenvalue weighted by Crippen LogP contribution is 2.29. The molecule has 0 spiro atoms. The van der Waals surface area contributed by atoms with E-state index in [1.54, 1.807) is 18.1 Å². The SMILES string of the molecule is CCN(CC)CC(=O)N(CCCn1c(CCOC)nc2c(N)nc3ccccc3c21)Cc1ccc(F)c(OCC(=O)O)c1. The summed E-state index contributed by atoms with van der Waals surface area (Å²) in [4.78, 5) is 37.6. The average molecular weight is 595 g/mol. The molecule has 0 aliphatic rings. The van der Waals surface area contributed by atoms with Gasteiger partial charge in [-0.1, -0.05) is 38.1 Å². The molecular formula is C31H39FN6O5. The number of likely N-dealkylation sites (N-methyl/N-ethyl adjacent to an activating group) is 1. The van der Waals surface area contributed by atoms with Crippen LogP contribution in [-0.2, 0) is 33.8 Å². The average Bonchev–Trinajstić information content (AvgIpc) is 3.37. The zero-order chi connectivity index (χ0) is 30.9. The van der Waals surface area contributed by atoms with Crippen molar-refractivity contribution < 1.29 is 28.6 Å². The highest BCUT2D eigenvalue weighted by molar-refractivity contribution is 6.06. The zero-order valence-electron chi connectivity index (χ0n) is 24.9. The quantitative estimate of drug-likeness (QED) is 0.199. The molecule has 2 aromatic carbocycles. The Morgan fingerprint density at radius 1 is 1.12 bits per heavy atom. The number of nitrogen functional groups attached to an aromatic ring is 1. The van der Waals surface area contributed by atoms with Gasteiger partial charge < -0.3 is 29.8 Å². The molecule has 0 radical (unpaired) electrons. The van der Waals surface area contributed by atoms with E-state index in [1.807, 2.05) is 43.0 Å². The monoisotopic (exact) mass is 594 g/mol. The first-order valence-electron chi connectivity index (χ1n) is 14.4. The molecule has 43 heavy (non-hydrogen) atoms. The van der Waals surface area contributed by atoms with Gasteiger partial charge in [0.15, 0.2) is 24.0 Å². The van der Waals surface area contributed by atoms with Gasteiger partial charge in [-0.15, -0.1) is 0 Å². The van der Waals surface area contributed by atoms with Gasteiger partial charge in [0.2, 0.25) is 5.91 Å². The molecule has 0 bridgehead atoms. The molecule has 4 rings (SSSR count). The van der Waals surface area contributed by atoms with Crippen LogP contribution in [0.15, 0.2) is 42.5 Å². The highest BCUT2D eigenvalue weighted by atomic mass is 19.1. The number of carboxylic acid groups (broad SMARTS) is 1. The zero-order valence-corrected chi connectivity index (χ0v) is 24.9. The number of halogens is 1. The van der Waals surface area contributed by atoms with E-state index in [9.17, 15) is 14.0 Å². The summed E-state index contributed by atoms with van der Waals surface area (Å²) in [6.07, 6.45) is 1.19. The lowest BCUT2D eigenvalue weighted by molar-refractivity contribution is -0.139. The van der Waals surface area contributed by atoms with Crippen molar-refractivity contribution in [1.82, 2.24) is 24.3 Å². The molecule has 0 unspecified atom stereocenters. The molecule has 1 amide bonds. The summed E-state index contributed by atoms with van der Waals surface area (Å²) in [5.74, 6) is -0.914. The van der Waals surface area contributed by atoms with Crippen LogP contribution in [0.25, 0.3) is 21.9 Å². The maximum atomic E-state index is 14.3. The number of nitrogens with zero attached hydrogens (tertiary/aromatic N) is 5. The van der Waals surface area contributed by atoms with Gasteiger partial charge in [-0.05, 0) is 43.3 Å². The summed E-state index contributed by atoms with van der Waals surface area (Å²) in [5, 5.41) is 9.88. The second kappa shape index (κ2) is 14.7. The van der Waals surface area contributed by atoms with E-state index in [0.717, 1.165) is 35.3 Å². The Morgan fingerprint density at radius 3 is 2.60 bits per heavy atom. The summed E-state index contributed by atoms with van der Waals surface area (Å²) in [6.45, 7) is 6.73. The third-order valence-corrected chi connectivity index (χ3v) is 7.36. The third-order valence-electron chi connectivity index (χ3n) is 7.36. The predicted molar refractivity (Wildman–Crippen MR) is 162 cm³/mol. The number of amides is 1. The standard InChI is InChI=1S/C31H39FN6O5/c1-4-36(5-2)19-27(39)37(18-21-11-12-23(32)25(17-21)43-20-28(40)41)14-8-15-38-26(13-16-42-3)35-29-30(38)22-9-6-7-10-24(22)34-31(29)33/h6-7,9-12,17H,4-5,8,13-16,18-20H2,1-3H3,(H2,33,34)(H,40,41). The number of aryl methyl sites for hydroxylation is 1. The van der Waals surface area contributed by atoms with Crippen molar-refractivity contribution >= 4 is 39.6 Å². The largest absolute Gasteiger partial charge is 0.479 e. The Kier molecular flexibility index (Phi) is 10.8. The van der Waals surface area contributed by atoms with E-state index in [-0.39, 0.29) is 24.7 Å². The predicted octanol–water partition coefficient (Wildman–Crippen LogP) is 3.72. The van der Waals surface area contributed by atoms with Crippen LogP contribution in [0.2, 0.25) is 0 Å². The number of hydrogen-bond donors (Lipinski definition) is 2. The number of anilines is 1. The Balaban J connectivity index is 1.61. The van der Waals surface area contributed by atoms with Gasteiger partial charge in [-0.2, -0.15) is 0 Å². The lowest BCUT2D eigenvalue weighted by atomic mass is 10.1. The molecule has 11 nitrogen and oxygen atoms in total. The smallest absolute Gasteiger partial charge is 0.341 e. The lowest BCUT2D eigenvalue weighted by Crippen LogP contribution is -2.40. The lowest BCUT2D eigenvalue weighted by Gasteiger charge is -2.27. The van der Waals surface area contributed by atoms with Gasteiger partial charge in [-0.25, -0.2) is 19.2 Å². The summed E-state index contributed by atoms with van der Waals surface area (Å²) >= 11 is 0. The summed E-state index contributed by atoms with van der Waals surface area (Å²) < 4.78 is 26.9. The van der Waals surface area contributed by atoms with Crippen LogP contribution in [0, 0.1) is 5.82 Å². The molecule has 0 atom stereocenters. The highest BCUT2D eigenvalue weighted by Gasteiger charge is 2.20. The fourth-order valence-electron chi connectivity index (χ4n) is 5.10. The Morgan fingerprint density at radius 2 is 1.88 bits per heavy atom. The molecule has 0 saturated carbocycles. The third kappa shape index (κ3) is 7.76. The number of hydrogen-bond acceptors (Lipinski definition) is 8. The second-order valence-corrected chi connectivity index (χ2v) is 10.2. The van der Waals surface area contributed by atoms with Crippen LogP contribution in [0.3, 0.4) is 0 Å². The molecule has 230 valence electrons. The van der Waals surface area contributed by atoms with Gasteiger partial charge in [-0.3, -0.25) is 9.69 Å². The Hall–Kier alpha value is -4.29. The number of pyridine rings is 1. The first-order chi connectivity index (χ1) is 20.7. The fraction of sp³-hybridized carbons (Fsp3) is 0.419. The van der Waals surface area contributed by atoms with Crippen molar-refractivity contribution in [3.05, 3.63) is 59.7 Å². The van der Waals surface area contributed by atoms with E-state index in [1.165, 1.54) is 12.1 Å². The van der Waals surface area contributed by atoms with Gasteiger partial charge in [0.25, 0.3) is 0 Å². The molecule has 0 fully saturated rings. The summed E-state index contributed by atoms with van der Waals surface area (Å²) in [6, 6.07) is 12.0. The fourth-order valence-corrected chi connectivity index (χ4v) is 5.10. The van der Waals surface area contributed by atoms with Crippen LogP contribution < -0.4 is 10.5 Å². The van der Waals surface area contributed by atoms with Crippen molar-refractivity contribution in [3.8, 4) is 5.75 Å². The number of ether oxygens (including phenoxy) is 2. The van der Waals surface area contributed by atoms with Gasteiger partial charge in [0.1, 0.15) is 11.3 Å². The normalized spacial score (nSPS) is 11.5. The van der Waals surface area contributed by atoms with Gasteiger partial charge in [0.05, 0.1) is 24.2 Å². The number of benzene rings is 2. The number of imidazole rings is 1. The first-order valence-corrected chi connectivity index (χ1v) is 14.4. The Labute approximate surface area is 250 Å². The number of carbonyl (C=O) groups excluding carboxylic acids is 1. The van der Waals surface area contributed by atoms with Crippen molar-refractivity contribution in [2.45, 2.75) is 39.8 Å². The number of rotatable bonds is 16. The summed E-state index contributed by atoms with van der Waals surface area (Å²) in [5.41, 5.74) is 9.27. The van der Waals surface area contributed by atoms with Gasteiger partial charge in [0, 0.05) is 38.6 Å². The van der Waals surface area contributed by atoms with E-state index in [4.69, 9.17) is 25.3 Å². The topological polar surface area (TPSA) is 136 Å². The maximum Gasteiger partial charge on any atom is 0.341 e. The molecule has 0 aliphatic heterocycles. The minimum absolute atomic E-state index is 0.0602. The maximum absolute atomic E-state index is 14.3. The first kappa shape index (κ1) is 31.6. The molecule has 2 aromatic heterocycles. The Bertz CT molecular complexity index is 1570. The van der Waals surface area contributed by atoms with E-state index in [2.05, 4.69) is 9.55 Å². The van der Waals surface area contributed by atoms with E-state index >= 15 is 0 Å². The van der Waals surface area contributed by atoms with Crippen LogP contribution in [-0.4, -0.2) is 87.8 Å². The van der Waals surface area contributed by atoms with Crippen molar-refractivity contribution in [2.75, 3.05) is 52.2 Å². The van der Waals surface area contributed by atoms with Crippen molar-refractivity contribution in [3.63, 3.8) is 0 Å². The molecule has 2 heterocycles. The van der Waals surface area contributed by atoms with Crippen molar-refractivity contribution in [1.29, 1.82) is 0 Å². The van der Waals surface area contributed by atoms with Crippen molar-refractivity contribution in [2.24, 2.45) is 0 Å². The number of carbonyl (C=O) groups is 2. The number of fused-ring (bicyclic) bond motifs is 3. The molecule has 0 aliphatic carbocycles. The van der Waals surface area contributed by atoms with Crippen LogP contribution >= 0.6 is 0 Å². The van der Waals surface area contributed by atoms with Gasteiger partial charge >= 0.3 is 5.97 Å². The minimum Gasteiger partial charge on any atom is -0.479 e. The molecular weight excluding hydrogens is 555 g/mol.